The molecule has 3 aromatic rings. The van der Waals surface area contributed by atoms with Gasteiger partial charge in [0, 0.05) is 15.1 Å². The van der Waals surface area contributed by atoms with Crippen LogP contribution in [0.4, 0.5) is 0 Å². The van der Waals surface area contributed by atoms with Crippen molar-refractivity contribution in [2.75, 3.05) is 0 Å². The average molecular weight is 323 g/mol. The van der Waals surface area contributed by atoms with Crippen LogP contribution in [-0.4, -0.2) is 5.11 Å². The van der Waals surface area contributed by atoms with Crippen LogP contribution in [0.1, 0.15) is 17.4 Å². The van der Waals surface area contributed by atoms with E-state index in [-0.39, 0.29) is 0 Å². The van der Waals surface area contributed by atoms with E-state index >= 15 is 0 Å². The van der Waals surface area contributed by atoms with E-state index in [1.807, 2.05) is 30.3 Å². The van der Waals surface area contributed by atoms with Gasteiger partial charge < -0.3 is 5.11 Å². The van der Waals surface area contributed by atoms with Crippen LogP contribution in [0.3, 0.4) is 0 Å². The highest BCUT2D eigenvalue weighted by Crippen LogP contribution is 2.41. The average Bonchev–Trinajstić information content (AvgIpc) is 2.86. The molecule has 4 heteroatoms. The lowest BCUT2D eigenvalue weighted by Crippen LogP contribution is -2.21. The van der Waals surface area contributed by atoms with E-state index < -0.39 is 5.60 Å². The van der Waals surface area contributed by atoms with E-state index in [4.69, 9.17) is 23.2 Å². The van der Waals surface area contributed by atoms with Crippen LogP contribution in [0.15, 0.2) is 48.5 Å². The largest absolute Gasteiger partial charge is 0.380 e. The second-order valence-corrected chi connectivity index (χ2v) is 6.69. The molecule has 0 amide bonds. The van der Waals surface area contributed by atoms with Crippen molar-refractivity contribution in [3.05, 3.63) is 69.0 Å². The fraction of sp³-hybridized carbons (Fsp3) is 0.125. The monoisotopic (exact) mass is 322 g/mol. The van der Waals surface area contributed by atoms with Gasteiger partial charge in [0.25, 0.3) is 0 Å². The molecule has 102 valence electrons. The number of hydrogen-bond acceptors (Lipinski definition) is 2. The maximum atomic E-state index is 10.9. The Morgan fingerprint density at radius 2 is 1.80 bits per heavy atom. The summed E-state index contributed by atoms with van der Waals surface area (Å²) in [7, 11) is 0. The van der Waals surface area contributed by atoms with E-state index in [2.05, 4.69) is 0 Å². The SMILES string of the molecule is CC(O)(c1cc2ccccc2s1)c1cccc(Cl)c1Cl. The molecule has 1 unspecified atom stereocenters. The van der Waals surface area contributed by atoms with Gasteiger partial charge in [0.15, 0.2) is 0 Å². The number of halogens is 2. The number of benzene rings is 2. The molecule has 20 heavy (non-hydrogen) atoms. The van der Waals surface area contributed by atoms with Gasteiger partial charge in [-0.05, 0) is 30.5 Å². The van der Waals surface area contributed by atoms with Gasteiger partial charge in [-0.15, -0.1) is 11.3 Å². The molecule has 0 aliphatic heterocycles. The summed E-state index contributed by atoms with van der Waals surface area (Å²) in [6.07, 6.45) is 0. The third kappa shape index (κ3) is 2.23. The van der Waals surface area contributed by atoms with Gasteiger partial charge in [0.2, 0.25) is 0 Å². The molecular formula is C16H12Cl2OS. The first-order chi connectivity index (χ1) is 9.50. The fourth-order valence-corrected chi connectivity index (χ4v) is 3.84. The first-order valence-corrected chi connectivity index (χ1v) is 7.73. The van der Waals surface area contributed by atoms with Crippen LogP contribution in [0, 0.1) is 0 Å². The predicted molar refractivity (Wildman–Crippen MR) is 87.0 cm³/mol. The minimum atomic E-state index is -1.16. The summed E-state index contributed by atoms with van der Waals surface area (Å²) in [5.74, 6) is 0. The zero-order valence-corrected chi connectivity index (χ0v) is 13.1. The Morgan fingerprint density at radius 1 is 1.05 bits per heavy atom. The molecule has 0 saturated heterocycles. The number of fused-ring (bicyclic) bond motifs is 1. The summed E-state index contributed by atoms with van der Waals surface area (Å²) in [4.78, 5) is 0.850. The van der Waals surface area contributed by atoms with Gasteiger partial charge in [-0.25, -0.2) is 0 Å². The van der Waals surface area contributed by atoms with Crippen molar-refractivity contribution in [1.82, 2.24) is 0 Å². The Morgan fingerprint density at radius 3 is 2.55 bits per heavy atom. The molecule has 1 nitrogen and oxygen atoms in total. The molecule has 0 spiro atoms. The van der Waals surface area contributed by atoms with Crippen LogP contribution in [0.2, 0.25) is 10.0 Å². The van der Waals surface area contributed by atoms with E-state index in [9.17, 15) is 5.11 Å². The van der Waals surface area contributed by atoms with E-state index in [1.165, 1.54) is 0 Å². The highest BCUT2D eigenvalue weighted by atomic mass is 35.5. The summed E-state index contributed by atoms with van der Waals surface area (Å²) in [6.45, 7) is 1.75. The lowest BCUT2D eigenvalue weighted by atomic mass is 9.94. The molecule has 2 aromatic carbocycles. The van der Waals surface area contributed by atoms with Crippen molar-refractivity contribution in [3.63, 3.8) is 0 Å². The number of rotatable bonds is 2. The molecule has 0 saturated carbocycles. The van der Waals surface area contributed by atoms with Crippen molar-refractivity contribution in [3.8, 4) is 0 Å². The molecule has 1 N–H and O–H groups in total. The topological polar surface area (TPSA) is 20.2 Å². The Kier molecular flexibility index (Phi) is 3.51. The van der Waals surface area contributed by atoms with Crippen LogP contribution in [0.25, 0.3) is 10.1 Å². The van der Waals surface area contributed by atoms with Crippen molar-refractivity contribution in [1.29, 1.82) is 0 Å². The number of hydrogen-bond donors (Lipinski definition) is 1. The smallest absolute Gasteiger partial charge is 0.122 e. The van der Waals surface area contributed by atoms with Crippen molar-refractivity contribution >= 4 is 44.6 Å². The van der Waals surface area contributed by atoms with Crippen molar-refractivity contribution in [2.24, 2.45) is 0 Å². The van der Waals surface area contributed by atoms with Gasteiger partial charge in [0.05, 0.1) is 10.0 Å². The minimum Gasteiger partial charge on any atom is -0.380 e. The van der Waals surface area contributed by atoms with Crippen molar-refractivity contribution in [2.45, 2.75) is 12.5 Å². The molecule has 0 aliphatic carbocycles. The second kappa shape index (κ2) is 5.05. The van der Waals surface area contributed by atoms with E-state index in [0.717, 1.165) is 15.0 Å². The molecule has 1 heterocycles. The lowest BCUT2D eigenvalue weighted by molar-refractivity contribution is 0.106. The van der Waals surface area contributed by atoms with E-state index in [0.29, 0.717) is 15.6 Å². The minimum absolute atomic E-state index is 0.400. The summed E-state index contributed by atoms with van der Waals surface area (Å²) in [5, 5.41) is 12.9. The zero-order chi connectivity index (χ0) is 14.3. The summed E-state index contributed by atoms with van der Waals surface area (Å²) in [5.41, 5.74) is -0.538. The summed E-state index contributed by atoms with van der Waals surface area (Å²) in [6, 6.07) is 15.4. The van der Waals surface area contributed by atoms with Crippen LogP contribution < -0.4 is 0 Å². The molecule has 0 aliphatic rings. The predicted octanol–water partition coefficient (Wildman–Crippen LogP) is 5.46. The number of aliphatic hydroxyl groups is 1. The molecule has 0 radical (unpaired) electrons. The maximum absolute atomic E-state index is 10.9. The number of thiophene rings is 1. The maximum Gasteiger partial charge on any atom is 0.122 e. The Hall–Kier alpha value is -1.06. The Bertz CT molecular complexity index is 744. The molecule has 0 fully saturated rings. The molecular weight excluding hydrogens is 311 g/mol. The molecule has 0 bridgehead atoms. The molecule has 1 aromatic heterocycles. The van der Waals surface area contributed by atoms with Gasteiger partial charge in [-0.3, -0.25) is 0 Å². The quantitative estimate of drug-likeness (QED) is 0.663. The van der Waals surface area contributed by atoms with Crippen LogP contribution in [-0.2, 0) is 5.60 Å². The standard InChI is InChI=1S/C16H12Cl2OS/c1-16(19,11-6-4-7-12(17)15(11)18)14-9-10-5-2-3-8-13(10)20-14/h2-9,19H,1H3. The third-order valence-electron chi connectivity index (χ3n) is 3.38. The second-order valence-electron chi connectivity index (χ2n) is 4.82. The summed E-state index contributed by atoms with van der Waals surface area (Å²) >= 11 is 13.8. The van der Waals surface area contributed by atoms with E-state index in [1.54, 1.807) is 36.5 Å². The van der Waals surface area contributed by atoms with Gasteiger partial charge in [-0.2, -0.15) is 0 Å². The molecule has 1 atom stereocenters. The summed E-state index contributed by atoms with van der Waals surface area (Å²) < 4.78 is 1.14. The Balaban J connectivity index is 2.17. The lowest BCUT2D eigenvalue weighted by Gasteiger charge is -2.24. The van der Waals surface area contributed by atoms with Gasteiger partial charge >= 0.3 is 0 Å². The van der Waals surface area contributed by atoms with Gasteiger partial charge in [0.1, 0.15) is 5.60 Å². The normalized spacial score (nSPS) is 14.4. The first kappa shape index (κ1) is 13.9. The highest BCUT2D eigenvalue weighted by Gasteiger charge is 2.30. The molecule has 3 rings (SSSR count). The fourth-order valence-electron chi connectivity index (χ4n) is 2.23. The first-order valence-electron chi connectivity index (χ1n) is 6.16. The highest BCUT2D eigenvalue weighted by molar-refractivity contribution is 7.19. The van der Waals surface area contributed by atoms with Crippen LogP contribution >= 0.6 is 34.5 Å². The van der Waals surface area contributed by atoms with Crippen LogP contribution in [0.5, 0.6) is 0 Å². The van der Waals surface area contributed by atoms with Gasteiger partial charge in [-0.1, -0.05) is 53.5 Å². The zero-order valence-electron chi connectivity index (χ0n) is 10.7. The Labute approximate surface area is 131 Å². The third-order valence-corrected chi connectivity index (χ3v) is 5.53. The van der Waals surface area contributed by atoms with Crippen molar-refractivity contribution < 1.29 is 5.11 Å².